The van der Waals surface area contributed by atoms with Gasteiger partial charge in [-0.25, -0.2) is 9.59 Å². The summed E-state index contributed by atoms with van der Waals surface area (Å²) in [5.41, 5.74) is 8.10. The largest absolute Gasteiger partial charge is 0.445 e. The summed E-state index contributed by atoms with van der Waals surface area (Å²) in [6.07, 6.45) is 1.09. The van der Waals surface area contributed by atoms with Gasteiger partial charge in [0.05, 0.1) is 6.04 Å². The number of benzene rings is 2. The molecule has 3 rings (SSSR count). The maximum atomic E-state index is 13.3. The first-order valence-corrected chi connectivity index (χ1v) is 12.0. The quantitative estimate of drug-likeness (QED) is 0.513. The number of hydrogen-bond donors (Lipinski definition) is 2. The van der Waals surface area contributed by atoms with Crippen LogP contribution >= 0.6 is 0 Å². The molecule has 0 fully saturated rings. The Labute approximate surface area is 206 Å². The Morgan fingerprint density at radius 3 is 2.46 bits per heavy atom. The number of carbonyl (C=O) groups is 3. The van der Waals surface area contributed by atoms with Crippen molar-refractivity contribution in [2.45, 2.75) is 70.7 Å². The van der Waals surface area contributed by atoms with Crippen LogP contribution in [0.3, 0.4) is 0 Å². The second kappa shape index (κ2) is 11.7. The molecule has 3 N–H and O–H groups in total. The average molecular weight is 482 g/mol. The van der Waals surface area contributed by atoms with Crippen LogP contribution in [0.4, 0.5) is 9.59 Å². The van der Waals surface area contributed by atoms with Crippen LogP contribution in [-0.4, -0.2) is 41.2 Å². The Morgan fingerprint density at radius 1 is 1.09 bits per heavy atom. The van der Waals surface area contributed by atoms with E-state index in [4.69, 9.17) is 15.2 Å². The number of nitrogens with one attached hydrogen (secondary N) is 1. The highest BCUT2D eigenvalue weighted by Crippen LogP contribution is 2.38. The number of amides is 3. The predicted octanol–water partition coefficient (Wildman–Crippen LogP) is 4.47. The van der Waals surface area contributed by atoms with Crippen molar-refractivity contribution < 1.29 is 23.9 Å². The van der Waals surface area contributed by atoms with E-state index < -0.39 is 29.7 Å². The molecule has 2 aromatic carbocycles. The number of alkyl carbamates (subject to hydrolysis) is 1. The number of rotatable bonds is 9. The Hall–Kier alpha value is -3.55. The Morgan fingerprint density at radius 2 is 1.77 bits per heavy atom. The average Bonchev–Trinajstić information content (AvgIpc) is 3.22. The van der Waals surface area contributed by atoms with Gasteiger partial charge in [0.2, 0.25) is 5.91 Å². The van der Waals surface area contributed by atoms with Gasteiger partial charge in [-0.1, -0.05) is 54.6 Å². The second-order valence-electron chi connectivity index (χ2n) is 9.69. The van der Waals surface area contributed by atoms with E-state index in [9.17, 15) is 14.4 Å². The van der Waals surface area contributed by atoms with Crippen LogP contribution in [-0.2, 0) is 27.3 Å². The summed E-state index contributed by atoms with van der Waals surface area (Å²) in [4.78, 5) is 39.3. The van der Waals surface area contributed by atoms with Crippen LogP contribution in [0.25, 0.3) is 0 Å². The smallest absolute Gasteiger partial charge is 0.411 e. The first-order valence-electron chi connectivity index (χ1n) is 12.0. The number of primary amides is 1. The lowest BCUT2D eigenvalue weighted by Crippen LogP contribution is -2.51. The summed E-state index contributed by atoms with van der Waals surface area (Å²) >= 11 is 0. The topological polar surface area (TPSA) is 111 Å². The molecule has 188 valence electrons. The van der Waals surface area contributed by atoms with Crippen molar-refractivity contribution >= 4 is 18.1 Å². The van der Waals surface area contributed by atoms with Crippen molar-refractivity contribution in [1.82, 2.24) is 10.2 Å². The monoisotopic (exact) mass is 481 g/mol. The predicted molar refractivity (Wildman–Crippen MR) is 132 cm³/mol. The highest BCUT2D eigenvalue weighted by molar-refractivity contribution is 5.84. The van der Waals surface area contributed by atoms with Gasteiger partial charge in [-0.3, -0.25) is 9.69 Å². The number of aryl methyl sites for hydroxylation is 1. The van der Waals surface area contributed by atoms with Crippen LogP contribution in [0.15, 0.2) is 54.6 Å². The molecule has 2 aromatic rings. The van der Waals surface area contributed by atoms with Gasteiger partial charge >= 0.3 is 12.2 Å². The number of fused-ring (bicyclic) bond motifs is 1. The highest BCUT2D eigenvalue weighted by Gasteiger charge is 2.39. The van der Waals surface area contributed by atoms with Gasteiger partial charge in [0, 0.05) is 6.54 Å². The fourth-order valence-corrected chi connectivity index (χ4v) is 4.29. The van der Waals surface area contributed by atoms with Crippen molar-refractivity contribution in [3.63, 3.8) is 0 Å². The minimum atomic E-state index is -0.872. The molecular weight excluding hydrogens is 446 g/mol. The minimum absolute atomic E-state index is 0.171. The molecule has 1 aliphatic carbocycles. The van der Waals surface area contributed by atoms with Gasteiger partial charge in [0.1, 0.15) is 18.2 Å². The zero-order valence-corrected chi connectivity index (χ0v) is 20.7. The zero-order chi connectivity index (χ0) is 25.4. The maximum absolute atomic E-state index is 13.3. The minimum Gasteiger partial charge on any atom is -0.445 e. The highest BCUT2D eigenvalue weighted by atomic mass is 16.6. The molecule has 0 radical (unpaired) electrons. The van der Waals surface area contributed by atoms with Crippen molar-refractivity contribution in [3.8, 4) is 0 Å². The molecule has 0 heterocycles. The summed E-state index contributed by atoms with van der Waals surface area (Å²) in [6, 6.07) is 16.1. The van der Waals surface area contributed by atoms with Crippen molar-refractivity contribution in [2.75, 3.05) is 6.54 Å². The van der Waals surface area contributed by atoms with E-state index in [0.29, 0.717) is 12.8 Å². The maximum Gasteiger partial charge on any atom is 0.411 e. The van der Waals surface area contributed by atoms with Crippen molar-refractivity contribution in [3.05, 3.63) is 71.3 Å². The molecule has 0 unspecified atom stereocenters. The second-order valence-corrected chi connectivity index (χ2v) is 9.69. The molecule has 1 aliphatic rings. The number of nitrogens with two attached hydrogens (primary N) is 1. The van der Waals surface area contributed by atoms with Crippen molar-refractivity contribution in [2.24, 2.45) is 5.73 Å². The van der Waals surface area contributed by atoms with E-state index >= 15 is 0 Å². The SMILES string of the molecule is CC(C)(C)OC(=O)N([C@H](CCCNC(=O)OCc1ccccc1)C(N)=O)[C@@H]1CCc2ccccc21. The van der Waals surface area contributed by atoms with Crippen LogP contribution < -0.4 is 11.1 Å². The summed E-state index contributed by atoms with van der Waals surface area (Å²) in [5.74, 6) is -0.605. The van der Waals surface area contributed by atoms with Crippen LogP contribution in [0.2, 0.25) is 0 Å². The van der Waals surface area contributed by atoms with Crippen LogP contribution in [0.1, 0.15) is 62.8 Å². The van der Waals surface area contributed by atoms with Gasteiger partial charge in [-0.05, 0) is 63.1 Å². The molecule has 0 aliphatic heterocycles. The molecule has 0 saturated heterocycles. The molecule has 35 heavy (non-hydrogen) atoms. The molecular formula is C27H35N3O5. The summed E-state index contributed by atoms with van der Waals surface area (Å²) in [6.45, 7) is 5.81. The first-order chi connectivity index (χ1) is 16.7. The Kier molecular flexibility index (Phi) is 8.73. The molecule has 3 amide bonds. The molecule has 0 aromatic heterocycles. The van der Waals surface area contributed by atoms with E-state index in [1.54, 1.807) is 20.8 Å². The van der Waals surface area contributed by atoms with E-state index in [2.05, 4.69) is 5.32 Å². The fourth-order valence-electron chi connectivity index (χ4n) is 4.29. The lowest BCUT2D eigenvalue weighted by atomic mass is 10.0. The normalized spacial score (nSPS) is 15.6. The van der Waals surface area contributed by atoms with Crippen LogP contribution in [0, 0.1) is 0 Å². The van der Waals surface area contributed by atoms with Crippen molar-refractivity contribution in [1.29, 1.82) is 0 Å². The Bertz CT molecular complexity index is 1020. The van der Waals surface area contributed by atoms with E-state index in [1.807, 2.05) is 54.6 Å². The summed E-state index contributed by atoms with van der Waals surface area (Å²) in [5, 5.41) is 2.69. The third-order valence-electron chi connectivity index (χ3n) is 5.84. The molecule has 2 atom stereocenters. The van der Waals surface area contributed by atoms with Gasteiger partial charge in [-0.2, -0.15) is 0 Å². The third kappa shape index (κ3) is 7.47. The molecule has 8 heteroatoms. The standard InChI is InChI=1S/C27H35N3O5/c1-27(2,3)35-26(33)30(22-16-15-20-12-7-8-13-21(20)22)23(24(28)31)14-9-17-29-25(32)34-18-19-10-5-4-6-11-19/h4-8,10-13,22-23H,9,14-18H2,1-3H3,(H2,28,31)(H,29,32)/t22-,23-/m1/s1. The third-order valence-corrected chi connectivity index (χ3v) is 5.84. The van der Waals surface area contributed by atoms with Gasteiger partial charge in [-0.15, -0.1) is 0 Å². The molecule has 0 saturated carbocycles. The van der Waals surface area contributed by atoms with Crippen LogP contribution in [0.5, 0.6) is 0 Å². The zero-order valence-electron chi connectivity index (χ0n) is 20.7. The number of hydrogen-bond acceptors (Lipinski definition) is 5. The number of nitrogens with zero attached hydrogens (tertiary/aromatic N) is 1. The lowest BCUT2D eigenvalue weighted by molar-refractivity contribution is -0.124. The Balaban J connectivity index is 1.64. The van der Waals surface area contributed by atoms with E-state index in [-0.39, 0.29) is 25.6 Å². The number of carbonyl (C=O) groups excluding carboxylic acids is 3. The van der Waals surface area contributed by atoms with E-state index in [1.165, 1.54) is 4.90 Å². The fraction of sp³-hybridized carbons (Fsp3) is 0.444. The van der Waals surface area contributed by atoms with Gasteiger partial charge in [0.25, 0.3) is 0 Å². The van der Waals surface area contributed by atoms with Gasteiger partial charge in [0.15, 0.2) is 0 Å². The molecule has 0 spiro atoms. The summed E-state index contributed by atoms with van der Waals surface area (Å²) < 4.78 is 10.9. The number of ether oxygens (including phenoxy) is 2. The summed E-state index contributed by atoms with van der Waals surface area (Å²) in [7, 11) is 0. The lowest BCUT2D eigenvalue weighted by Gasteiger charge is -2.36. The molecule has 8 nitrogen and oxygen atoms in total. The first kappa shape index (κ1) is 26.1. The van der Waals surface area contributed by atoms with E-state index in [0.717, 1.165) is 23.1 Å². The molecule has 0 bridgehead atoms. The van der Waals surface area contributed by atoms with Gasteiger partial charge < -0.3 is 20.5 Å².